The Hall–Kier alpha value is -3.68. The van der Waals surface area contributed by atoms with Gasteiger partial charge in [0.15, 0.2) is 0 Å². The zero-order valence-corrected chi connectivity index (χ0v) is 17.3. The summed E-state index contributed by atoms with van der Waals surface area (Å²) >= 11 is 0. The minimum atomic E-state index is -0.352. The summed E-state index contributed by atoms with van der Waals surface area (Å²) in [5.41, 5.74) is 2.80. The largest absolute Gasteiger partial charge is 0.348 e. The van der Waals surface area contributed by atoms with E-state index in [1.165, 1.54) is 22.9 Å². The van der Waals surface area contributed by atoms with Gasteiger partial charge in [-0.2, -0.15) is 5.10 Å². The molecule has 0 spiro atoms. The van der Waals surface area contributed by atoms with E-state index in [1.54, 1.807) is 10.9 Å². The van der Waals surface area contributed by atoms with E-state index >= 15 is 0 Å². The number of hydrogen-bond acceptors (Lipinski definition) is 4. The molecule has 0 fully saturated rings. The van der Waals surface area contributed by atoms with E-state index in [4.69, 9.17) is 0 Å². The van der Waals surface area contributed by atoms with Crippen LogP contribution in [0.15, 0.2) is 59.7 Å². The van der Waals surface area contributed by atoms with Crippen molar-refractivity contribution in [3.05, 3.63) is 87.6 Å². The van der Waals surface area contributed by atoms with Gasteiger partial charge in [0.2, 0.25) is 5.91 Å². The lowest BCUT2D eigenvalue weighted by Gasteiger charge is -2.15. The Bertz CT molecular complexity index is 1100. The maximum Gasteiger partial charge on any atom is 0.253 e. The molecule has 30 heavy (non-hydrogen) atoms. The molecule has 2 heterocycles. The molecular weight excluding hydrogens is 382 g/mol. The van der Waals surface area contributed by atoms with Crippen molar-refractivity contribution in [2.75, 3.05) is 0 Å². The lowest BCUT2D eigenvalue weighted by Crippen LogP contribution is -2.34. The highest BCUT2D eigenvalue weighted by Gasteiger charge is 2.16. The molecule has 8 nitrogen and oxygen atoms in total. The Morgan fingerprint density at radius 1 is 1.13 bits per heavy atom. The van der Waals surface area contributed by atoms with E-state index in [-0.39, 0.29) is 30.0 Å². The average molecular weight is 407 g/mol. The van der Waals surface area contributed by atoms with Crippen LogP contribution < -0.4 is 16.2 Å². The van der Waals surface area contributed by atoms with Crippen LogP contribution in [0.5, 0.6) is 0 Å². The van der Waals surface area contributed by atoms with Gasteiger partial charge in [0, 0.05) is 37.1 Å². The maximum absolute atomic E-state index is 12.5. The van der Waals surface area contributed by atoms with Gasteiger partial charge in [0.05, 0.1) is 17.8 Å². The smallest absolute Gasteiger partial charge is 0.253 e. The molecule has 0 saturated carbocycles. The molecule has 8 heteroatoms. The highest BCUT2D eigenvalue weighted by molar-refractivity contribution is 5.93. The molecule has 3 rings (SSSR count). The van der Waals surface area contributed by atoms with Crippen molar-refractivity contribution in [1.82, 2.24) is 25.0 Å². The summed E-state index contributed by atoms with van der Waals surface area (Å²) in [5.74, 6) is -0.637. The first-order valence-corrected chi connectivity index (χ1v) is 9.65. The molecule has 2 amide bonds. The number of pyridine rings is 1. The second kappa shape index (κ2) is 9.21. The number of aromatic nitrogens is 3. The molecule has 0 saturated heterocycles. The zero-order chi connectivity index (χ0) is 21.7. The fourth-order valence-electron chi connectivity index (χ4n) is 3.13. The van der Waals surface area contributed by atoms with Crippen molar-refractivity contribution >= 4 is 11.8 Å². The van der Waals surface area contributed by atoms with Gasteiger partial charge in [-0.25, -0.2) is 0 Å². The lowest BCUT2D eigenvalue weighted by molar-refractivity contribution is -0.122. The Kier molecular flexibility index (Phi) is 6.46. The van der Waals surface area contributed by atoms with Crippen molar-refractivity contribution in [2.24, 2.45) is 7.05 Å². The van der Waals surface area contributed by atoms with Gasteiger partial charge in [0.1, 0.15) is 6.54 Å². The van der Waals surface area contributed by atoms with Crippen LogP contribution in [0.3, 0.4) is 0 Å². The molecule has 2 aromatic heterocycles. The first-order valence-electron chi connectivity index (χ1n) is 9.65. The van der Waals surface area contributed by atoms with Gasteiger partial charge in [-0.1, -0.05) is 30.3 Å². The molecule has 0 aliphatic heterocycles. The highest BCUT2D eigenvalue weighted by Crippen LogP contribution is 2.15. The fraction of sp³-hybridized carbons (Fsp3) is 0.273. The summed E-state index contributed by atoms with van der Waals surface area (Å²) in [6, 6.07) is 12.0. The minimum Gasteiger partial charge on any atom is -0.348 e. The molecule has 1 unspecified atom stereocenters. The highest BCUT2D eigenvalue weighted by atomic mass is 16.2. The van der Waals surface area contributed by atoms with Crippen molar-refractivity contribution in [3.63, 3.8) is 0 Å². The molecule has 0 aliphatic rings. The maximum atomic E-state index is 12.5. The summed E-state index contributed by atoms with van der Waals surface area (Å²) in [7, 11) is 1.83. The molecule has 3 aromatic rings. The number of aryl methyl sites for hydroxylation is 1. The van der Waals surface area contributed by atoms with Crippen LogP contribution in [0, 0.1) is 6.92 Å². The molecule has 0 bridgehead atoms. The number of rotatable bonds is 7. The number of carbonyl (C=O) groups excluding carboxylic acids is 2. The number of benzene rings is 1. The Balaban J connectivity index is 1.64. The molecule has 1 aromatic carbocycles. The normalized spacial score (nSPS) is 11.7. The number of hydrogen-bond donors (Lipinski definition) is 2. The van der Waals surface area contributed by atoms with Gasteiger partial charge in [-0.3, -0.25) is 19.1 Å². The predicted octanol–water partition coefficient (Wildman–Crippen LogP) is 1.70. The van der Waals surface area contributed by atoms with Crippen LogP contribution in [0.2, 0.25) is 0 Å². The third kappa shape index (κ3) is 5.02. The Morgan fingerprint density at radius 3 is 2.53 bits per heavy atom. The lowest BCUT2D eigenvalue weighted by atomic mass is 10.1. The summed E-state index contributed by atoms with van der Waals surface area (Å²) in [6.45, 7) is 3.98. The molecule has 1 atom stereocenters. The number of amides is 2. The molecule has 2 N–H and O–H groups in total. The standard InChI is InChI=1S/C22H25N5O3/c1-15(19-12-24-26(3)16(19)2)25-20(28)14-27-13-18(9-10-21(27)29)22(30)23-11-17-7-5-4-6-8-17/h4-10,12-13,15H,11,14H2,1-3H3,(H,23,30)(H,25,28). The third-order valence-electron chi connectivity index (χ3n) is 4.97. The summed E-state index contributed by atoms with van der Waals surface area (Å²) in [6.07, 6.45) is 3.12. The minimum absolute atomic E-state index is 0.178. The number of carbonyl (C=O) groups is 2. The van der Waals surface area contributed by atoms with E-state index in [9.17, 15) is 14.4 Å². The second-order valence-electron chi connectivity index (χ2n) is 7.15. The molecule has 0 aliphatic carbocycles. The van der Waals surface area contributed by atoms with Crippen molar-refractivity contribution < 1.29 is 9.59 Å². The Labute approximate surface area is 174 Å². The van der Waals surface area contributed by atoms with Gasteiger partial charge in [0.25, 0.3) is 11.5 Å². The summed E-state index contributed by atoms with van der Waals surface area (Å²) in [5, 5.41) is 9.86. The van der Waals surface area contributed by atoms with Crippen molar-refractivity contribution in [3.8, 4) is 0 Å². The van der Waals surface area contributed by atoms with Crippen LogP contribution in [0.1, 0.15) is 40.1 Å². The van der Waals surface area contributed by atoms with E-state index in [1.807, 2.05) is 51.2 Å². The quantitative estimate of drug-likeness (QED) is 0.623. The van der Waals surface area contributed by atoms with Gasteiger partial charge in [-0.05, 0) is 25.5 Å². The van der Waals surface area contributed by atoms with Crippen molar-refractivity contribution in [2.45, 2.75) is 33.0 Å². The van der Waals surface area contributed by atoms with Gasteiger partial charge < -0.3 is 15.2 Å². The Morgan fingerprint density at radius 2 is 1.87 bits per heavy atom. The predicted molar refractivity (Wildman–Crippen MR) is 113 cm³/mol. The molecule has 0 radical (unpaired) electrons. The molecule has 156 valence electrons. The van der Waals surface area contributed by atoms with Gasteiger partial charge >= 0.3 is 0 Å². The second-order valence-corrected chi connectivity index (χ2v) is 7.15. The van der Waals surface area contributed by atoms with Crippen LogP contribution in [-0.4, -0.2) is 26.2 Å². The van der Waals surface area contributed by atoms with Crippen molar-refractivity contribution in [1.29, 1.82) is 0 Å². The number of nitrogens with one attached hydrogen (secondary N) is 2. The van der Waals surface area contributed by atoms with Gasteiger partial charge in [-0.15, -0.1) is 0 Å². The zero-order valence-electron chi connectivity index (χ0n) is 17.3. The van der Waals surface area contributed by atoms with E-state index in [0.717, 1.165) is 16.8 Å². The van der Waals surface area contributed by atoms with E-state index < -0.39 is 0 Å². The number of nitrogens with zero attached hydrogens (tertiary/aromatic N) is 3. The monoisotopic (exact) mass is 407 g/mol. The topological polar surface area (TPSA) is 98.0 Å². The molecular formula is C22H25N5O3. The third-order valence-corrected chi connectivity index (χ3v) is 4.97. The van der Waals surface area contributed by atoms with E-state index in [0.29, 0.717) is 12.1 Å². The average Bonchev–Trinajstić information content (AvgIpc) is 3.07. The summed E-state index contributed by atoms with van der Waals surface area (Å²) < 4.78 is 2.97. The van der Waals surface area contributed by atoms with Crippen LogP contribution in [0.25, 0.3) is 0 Å². The van der Waals surface area contributed by atoms with Crippen LogP contribution in [0.4, 0.5) is 0 Å². The summed E-state index contributed by atoms with van der Waals surface area (Å²) in [4.78, 5) is 37.1. The first kappa shape index (κ1) is 21.0. The fourth-order valence-corrected chi connectivity index (χ4v) is 3.13. The SMILES string of the molecule is Cc1c(C(C)NC(=O)Cn2cc(C(=O)NCc3ccccc3)ccc2=O)cnn1C. The van der Waals surface area contributed by atoms with Crippen LogP contribution >= 0.6 is 0 Å². The van der Waals surface area contributed by atoms with Crippen LogP contribution in [-0.2, 0) is 24.9 Å². The van der Waals surface area contributed by atoms with E-state index in [2.05, 4.69) is 15.7 Å². The first-order chi connectivity index (χ1) is 14.3.